The molecule has 1 saturated carbocycles. The summed E-state index contributed by atoms with van der Waals surface area (Å²) < 4.78 is 27.7. The van der Waals surface area contributed by atoms with Gasteiger partial charge in [0, 0.05) is 32.2 Å². The van der Waals surface area contributed by atoms with E-state index < -0.39 is 10.0 Å². The van der Waals surface area contributed by atoms with Crippen LogP contribution in [0.3, 0.4) is 0 Å². The molecule has 0 bridgehead atoms. The first-order chi connectivity index (χ1) is 13.9. The zero-order valence-electron chi connectivity index (χ0n) is 17.3. The third-order valence-electron chi connectivity index (χ3n) is 6.46. The van der Waals surface area contributed by atoms with Crippen LogP contribution in [0.5, 0.6) is 0 Å². The molecule has 4 nitrogen and oxygen atoms in total. The van der Waals surface area contributed by atoms with Gasteiger partial charge in [0.25, 0.3) is 0 Å². The van der Waals surface area contributed by atoms with Gasteiger partial charge in [-0.15, -0.1) is 0 Å². The van der Waals surface area contributed by atoms with E-state index in [2.05, 4.69) is 41.3 Å². The van der Waals surface area contributed by atoms with Gasteiger partial charge < -0.3 is 0 Å². The summed E-state index contributed by atoms with van der Waals surface area (Å²) in [7, 11) is -1.70. The highest BCUT2D eigenvalue weighted by Gasteiger charge is 2.36. The van der Waals surface area contributed by atoms with Crippen LogP contribution in [0.1, 0.15) is 36.8 Å². The van der Waals surface area contributed by atoms with Crippen LogP contribution in [0.2, 0.25) is 0 Å². The highest BCUT2D eigenvalue weighted by Crippen LogP contribution is 2.33. The molecule has 2 aliphatic rings. The van der Waals surface area contributed by atoms with E-state index in [1.807, 2.05) is 19.1 Å². The molecule has 29 heavy (non-hydrogen) atoms. The van der Waals surface area contributed by atoms with Crippen LogP contribution in [0.4, 0.5) is 0 Å². The quantitative estimate of drug-likeness (QED) is 0.737. The van der Waals surface area contributed by atoms with E-state index in [1.165, 1.54) is 11.1 Å². The zero-order valence-corrected chi connectivity index (χ0v) is 18.1. The predicted molar refractivity (Wildman–Crippen MR) is 118 cm³/mol. The molecule has 4 rings (SSSR count). The largest absolute Gasteiger partial charge is 0.296 e. The van der Waals surface area contributed by atoms with E-state index in [4.69, 9.17) is 0 Å². The number of hydrogen-bond donors (Lipinski definition) is 0. The van der Waals surface area contributed by atoms with Gasteiger partial charge in [-0.05, 0) is 61.4 Å². The van der Waals surface area contributed by atoms with Crippen LogP contribution in [0.25, 0.3) is 5.57 Å². The molecule has 2 atom stereocenters. The molecule has 5 heteroatoms. The third-order valence-corrected chi connectivity index (χ3v) is 8.37. The topological polar surface area (TPSA) is 40.6 Å². The fourth-order valence-corrected chi connectivity index (χ4v) is 6.17. The zero-order chi connectivity index (χ0) is 20.4. The molecule has 0 radical (unpaired) electrons. The molecule has 0 spiro atoms. The molecule has 1 heterocycles. The fourth-order valence-electron chi connectivity index (χ4n) is 4.67. The summed E-state index contributed by atoms with van der Waals surface area (Å²) in [6.07, 6.45) is 6.31. The second kappa shape index (κ2) is 8.42. The normalized spacial score (nSPS) is 23.3. The minimum Gasteiger partial charge on any atom is -0.296 e. The maximum atomic E-state index is 13.1. The Labute approximate surface area is 174 Å². The predicted octanol–water partition coefficient (Wildman–Crippen LogP) is 4.33. The molecule has 0 N–H and O–H groups in total. The number of nitrogens with zero attached hydrogens (tertiary/aromatic N) is 2. The second-order valence-electron chi connectivity index (χ2n) is 8.30. The highest BCUT2D eigenvalue weighted by atomic mass is 32.2. The van der Waals surface area contributed by atoms with Gasteiger partial charge in [-0.3, -0.25) is 4.90 Å². The Morgan fingerprint density at radius 1 is 1.03 bits per heavy atom. The van der Waals surface area contributed by atoms with Crippen LogP contribution in [-0.4, -0.2) is 49.8 Å². The van der Waals surface area contributed by atoms with E-state index in [0.29, 0.717) is 10.9 Å². The lowest BCUT2D eigenvalue weighted by atomic mass is 9.98. The summed E-state index contributed by atoms with van der Waals surface area (Å²) >= 11 is 0. The molecule has 0 amide bonds. The Morgan fingerprint density at radius 2 is 1.83 bits per heavy atom. The molecule has 0 saturated heterocycles. The first kappa shape index (κ1) is 20.3. The highest BCUT2D eigenvalue weighted by molar-refractivity contribution is 7.89. The van der Waals surface area contributed by atoms with Gasteiger partial charge in [0.1, 0.15) is 0 Å². The minimum absolute atomic E-state index is 0.0741. The molecule has 2 aromatic carbocycles. The Morgan fingerprint density at radius 3 is 2.52 bits per heavy atom. The summed E-state index contributed by atoms with van der Waals surface area (Å²) in [5.74, 6) is 0. The van der Waals surface area contributed by atoms with E-state index in [0.717, 1.165) is 44.3 Å². The summed E-state index contributed by atoms with van der Waals surface area (Å²) in [5, 5.41) is 0. The van der Waals surface area contributed by atoms with Crippen molar-refractivity contribution < 1.29 is 8.42 Å². The fraction of sp³-hybridized carbons (Fsp3) is 0.417. The van der Waals surface area contributed by atoms with Crippen molar-refractivity contribution in [3.8, 4) is 0 Å². The first-order valence-electron chi connectivity index (χ1n) is 10.5. The number of benzene rings is 2. The lowest BCUT2D eigenvalue weighted by molar-refractivity contribution is 0.211. The van der Waals surface area contributed by atoms with Crippen LogP contribution in [0, 0.1) is 6.92 Å². The first-order valence-corrected chi connectivity index (χ1v) is 11.9. The molecular formula is C24H30N2O2S. The van der Waals surface area contributed by atoms with Gasteiger partial charge >= 0.3 is 0 Å². The Kier molecular flexibility index (Phi) is 5.91. The summed E-state index contributed by atoms with van der Waals surface area (Å²) in [4.78, 5) is 2.93. The minimum atomic E-state index is -3.44. The van der Waals surface area contributed by atoms with Gasteiger partial charge in [0.05, 0.1) is 4.90 Å². The van der Waals surface area contributed by atoms with Gasteiger partial charge in [-0.1, -0.05) is 48.5 Å². The van der Waals surface area contributed by atoms with E-state index in [9.17, 15) is 8.42 Å². The third kappa shape index (κ3) is 4.32. The van der Waals surface area contributed by atoms with Crippen LogP contribution in [0.15, 0.2) is 65.6 Å². The smallest absolute Gasteiger partial charge is 0.243 e. The molecule has 1 aliphatic heterocycles. The molecule has 0 unspecified atom stereocenters. The SMILES string of the molecule is Cc1cccc(S(=O)(=O)N(C)[C@H]2CC[C@@H](N3CC=C(c4ccccc4)CC3)C2)c1. The summed E-state index contributed by atoms with van der Waals surface area (Å²) in [6.45, 7) is 3.93. The summed E-state index contributed by atoms with van der Waals surface area (Å²) in [6, 6.07) is 18.3. The van der Waals surface area contributed by atoms with Crippen LogP contribution >= 0.6 is 0 Å². The van der Waals surface area contributed by atoms with Gasteiger partial charge in [-0.25, -0.2) is 8.42 Å². The molecular weight excluding hydrogens is 380 g/mol. The molecule has 0 aromatic heterocycles. The van der Waals surface area contributed by atoms with E-state index >= 15 is 0 Å². The molecule has 1 fully saturated rings. The number of aryl methyl sites for hydroxylation is 1. The van der Waals surface area contributed by atoms with Gasteiger partial charge in [0.15, 0.2) is 0 Å². The van der Waals surface area contributed by atoms with Gasteiger partial charge in [-0.2, -0.15) is 4.31 Å². The number of sulfonamides is 1. The molecule has 1 aliphatic carbocycles. The Bertz CT molecular complexity index is 985. The average molecular weight is 411 g/mol. The number of rotatable bonds is 5. The van der Waals surface area contributed by atoms with Crippen molar-refractivity contribution in [1.82, 2.24) is 9.21 Å². The van der Waals surface area contributed by atoms with Crippen molar-refractivity contribution in [3.05, 3.63) is 71.8 Å². The van der Waals surface area contributed by atoms with Crippen molar-refractivity contribution in [2.45, 2.75) is 49.6 Å². The standard InChI is InChI=1S/C24H30N2O2S/c1-19-7-6-10-24(17-19)29(27,28)25(2)22-11-12-23(18-22)26-15-13-21(14-16-26)20-8-4-3-5-9-20/h3-10,13,17,22-23H,11-12,14-16,18H2,1-2H3/t22-,23+/m0/s1. The molecule has 2 aromatic rings. The second-order valence-corrected chi connectivity index (χ2v) is 10.3. The van der Waals surface area contributed by atoms with E-state index in [1.54, 1.807) is 23.5 Å². The van der Waals surface area contributed by atoms with Crippen molar-refractivity contribution in [2.75, 3.05) is 20.1 Å². The lowest BCUT2D eigenvalue weighted by Crippen LogP contribution is -2.40. The maximum Gasteiger partial charge on any atom is 0.243 e. The number of hydrogen-bond acceptors (Lipinski definition) is 3. The van der Waals surface area contributed by atoms with Crippen LogP contribution < -0.4 is 0 Å². The van der Waals surface area contributed by atoms with Crippen molar-refractivity contribution in [3.63, 3.8) is 0 Å². The lowest BCUT2D eigenvalue weighted by Gasteiger charge is -2.32. The monoisotopic (exact) mass is 410 g/mol. The average Bonchev–Trinajstić information content (AvgIpc) is 3.24. The molecule has 154 valence electrons. The Balaban J connectivity index is 1.40. The van der Waals surface area contributed by atoms with Gasteiger partial charge in [0.2, 0.25) is 10.0 Å². The maximum absolute atomic E-state index is 13.1. The van der Waals surface area contributed by atoms with Crippen LogP contribution in [-0.2, 0) is 10.0 Å². The van der Waals surface area contributed by atoms with E-state index in [-0.39, 0.29) is 6.04 Å². The Hall–Kier alpha value is -1.95. The van der Waals surface area contributed by atoms with Crippen molar-refractivity contribution >= 4 is 15.6 Å². The summed E-state index contributed by atoms with van der Waals surface area (Å²) in [5.41, 5.74) is 3.72. The van der Waals surface area contributed by atoms with Crippen molar-refractivity contribution in [1.29, 1.82) is 0 Å². The van der Waals surface area contributed by atoms with Crippen molar-refractivity contribution in [2.24, 2.45) is 0 Å².